The molecule has 0 spiro atoms. The summed E-state index contributed by atoms with van der Waals surface area (Å²) in [6, 6.07) is 37.9. The average molecular weight is 464 g/mol. The molecule has 0 amide bonds. The molecule has 5 aromatic carbocycles. The molecular weight excluding hydrogens is 438 g/mol. The monoisotopic (exact) mass is 463 g/mol. The molecule has 172 valence electrons. The van der Waals surface area contributed by atoms with Crippen LogP contribution in [0.4, 0.5) is 22.7 Å². The predicted octanol–water partition coefficient (Wildman–Crippen LogP) is 7.94. The lowest BCUT2D eigenvalue weighted by Gasteiger charge is -2.40. The molecule has 8 rings (SSSR count). The predicted molar refractivity (Wildman–Crippen MR) is 151 cm³/mol. The summed E-state index contributed by atoms with van der Waals surface area (Å²) in [6.07, 6.45) is 9.21. The third kappa shape index (κ3) is 2.68. The molecule has 2 aliphatic heterocycles. The first kappa shape index (κ1) is 19.8. The number of nitrogens with zero attached hydrogens (tertiary/aromatic N) is 2. The van der Waals surface area contributed by atoms with E-state index in [0.717, 1.165) is 0 Å². The lowest BCUT2D eigenvalue weighted by molar-refractivity contribution is 0.596. The van der Waals surface area contributed by atoms with E-state index in [1.165, 1.54) is 49.9 Å². The number of hydrogen-bond acceptors (Lipinski definition) is 3. The van der Waals surface area contributed by atoms with Crippen LogP contribution in [0.3, 0.4) is 0 Å². The van der Waals surface area contributed by atoms with E-state index in [4.69, 9.17) is 0 Å². The largest absolute Gasteiger partial charge is 0.360 e. The van der Waals surface area contributed by atoms with Gasteiger partial charge in [0, 0.05) is 16.6 Å². The van der Waals surface area contributed by atoms with Crippen molar-refractivity contribution in [3.63, 3.8) is 0 Å². The number of rotatable bonds is 1. The second kappa shape index (κ2) is 7.50. The fourth-order valence-corrected chi connectivity index (χ4v) is 6.44. The average Bonchev–Trinajstić information content (AvgIpc) is 3.28. The number of allylic oxidation sites excluding steroid dienone is 2. The summed E-state index contributed by atoms with van der Waals surface area (Å²) in [5.74, 6) is 0. The van der Waals surface area contributed by atoms with E-state index in [2.05, 4.69) is 143 Å². The van der Waals surface area contributed by atoms with Crippen molar-refractivity contribution in [3.05, 3.63) is 133 Å². The molecule has 1 aliphatic carbocycles. The van der Waals surface area contributed by atoms with Crippen LogP contribution in [0.15, 0.2) is 127 Å². The van der Waals surface area contributed by atoms with Crippen molar-refractivity contribution < 1.29 is 0 Å². The number of nitrogens with one attached hydrogen (secondary N) is 1. The molecule has 0 fully saturated rings. The summed E-state index contributed by atoms with van der Waals surface area (Å²) >= 11 is 0. The molecule has 2 heterocycles. The van der Waals surface area contributed by atoms with Gasteiger partial charge in [-0.15, -0.1) is 0 Å². The zero-order chi connectivity index (χ0) is 23.6. The summed E-state index contributed by atoms with van der Waals surface area (Å²) in [6.45, 7) is 0. The van der Waals surface area contributed by atoms with Crippen LogP contribution in [-0.2, 0) is 0 Å². The van der Waals surface area contributed by atoms with Crippen LogP contribution in [0.1, 0.15) is 11.7 Å². The van der Waals surface area contributed by atoms with Crippen LogP contribution in [-0.4, -0.2) is 12.1 Å². The molecule has 3 atom stereocenters. The minimum atomic E-state index is 0.0685. The van der Waals surface area contributed by atoms with Gasteiger partial charge >= 0.3 is 0 Å². The van der Waals surface area contributed by atoms with Crippen molar-refractivity contribution in [1.29, 1.82) is 0 Å². The van der Waals surface area contributed by atoms with E-state index in [-0.39, 0.29) is 18.2 Å². The minimum absolute atomic E-state index is 0.0685. The molecule has 0 saturated heterocycles. The maximum absolute atomic E-state index is 3.85. The zero-order valence-corrected chi connectivity index (χ0v) is 19.8. The lowest BCUT2D eigenvalue weighted by atomic mass is 9.95. The second-order valence-electron chi connectivity index (χ2n) is 9.81. The molecular formula is C33H25N3. The van der Waals surface area contributed by atoms with E-state index in [1.54, 1.807) is 0 Å². The van der Waals surface area contributed by atoms with Gasteiger partial charge in [-0.05, 0) is 40.4 Å². The number of para-hydroxylation sites is 3. The standard InChI is InChI=1S/C33H25N3/c1-2-12-23-22(11-1)21-32(25-14-4-3-13-24(23)25)35-28-17-7-5-15-26(28)33-34-27-16-6-8-18-29(27)36(33)31-20-10-9-19-30(31)35/h1-21,30-31,33-34H. The highest BCUT2D eigenvalue weighted by Gasteiger charge is 2.44. The Bertz CT molecular complexity index is 1720. The number of benzene rings is 5. The Morgan fingerprint density at radius 2 is 1.22 bits per heavy atom. The van der Waals surface area contributed by atoms with Crippen LogP contribution < -0.4 is 15.1 Å². The van der Waals surface area contributed by atoms with Crippen LogP contribution in [0.5, 0.6) is 0 Å². The molecule has 1 N–H and O–H groups in total. The van der Waals surface area contributed by atoms with Gasteiger partial charge in [0.1, 0.15) is 6.17 Å². The normalized spacial score (nSPS) is 21.5. The van der Waals surface area contributed by atoms with Crippen LogP contribution >= 0.6 is 0 Å². The number of hydrogen-bond donors (Lipinski definition) is 1. The second-order valence-corrected chi connectivity index (χ2v) is 9.81. The minimum Gasteiger partial charge on any atom is -0.360 e. The van der Waals surface area contributed by atoms with E-state index in [1.807, 2.05) is 0 Å². The van der Waals surface area contributed by atoms with E-state index in [9.17, 15) is 0 Å². The Labute approximate surface area is 210 Å². The van der Waals surface area contributed by atoms with Gasteiger partial charge < -0.3 is 15.1 Å². The zero-order valence-electron chi connectivity index (χ0n) is 19.8. The van der Waals surface area contributed by atoms with Gasteiger partial charge in [0.05, 0.1) is 29.1 Å². The molecule has 3 nitrogen and oxygen atoms in total. The molecule has 3 unspecified atom stereocenters. The van der Waals surface area contributed by atoms with Crippen molar-refractivity contribution >= 4 is 44.3 Å². The first-order valence-corrected chi connectivity index (χ1v) is 12.7. The van der Waals surface area contributed by atoms with Gasteiger partial charge in [-0.25, -0.2) is 0 Å². The van der Waals surface area contributed by atoms with Crippen molar-refractivity contribution in [3.8, 4) is 0 Å². The molecule has 3 heteroatoms. The highest BCUT2D eigenvalue weighted by Crippen LogP contribution is 2.51. The summed E-state index contributed by atoms with van der Waals surface area (Å²) < 4.78 is 0. The van der Waals surface area contributed by atoms with Gasteiger partial charge in [-0.3, -0.25) is 0 Å². The molecule has 5 aromatic rings. The maximum Gasteiger partial charge on any atom is 0.128 e. The Balaban J connectivity index is 1.44. The van der Waals surface area contributed by atoms with E-state index < -0.39 is 0 Å². The topological polar surface area (TPSA) is 18.5 Å². The highest BCUT2D eigenvalue weighted by atomic mass is 15.4. The van der Waals surface area contributed by atoms with Gasteiger partial charge in [0.25, 0.3) is 0 Å². The van der Waals surface area contributed by atoms with Crippen LogP contribution in [0.2, 0.25) is 0 Å². The van der Waals surface area contributed by atoms with Crippen molar-refractivity contribution in [2.45, 2.75) is 18.2 Å². The third-order valence-electron chi connectivity index (χ3n) is 7.95. The van der Waals surface area contributed by atoms with E-state index in [0.29, 0.717) is 0 Å². The number of anilines is 4. The Morgan fingerprint density at radius 3 is 2.11 bits per heavy atom. The summed E-state index contributed by atoms with van der Waals surface area (Å²) in [4.78, 5) is 5.15. The van der Waals surface area contributed by atoms with Crippen LogP contribution in [0, 0.1) is 0 Å². The SMILES string of the molecule is C1=CC2C(C=C1)N1c3ccccc3NC1c1ccccc1N2c1cc2ccccc2c2ccccc12. The van der Waals surface area contributed by atoms with Gasteiger partial charge in [0.2, 0.25) is 0 Å². The maximum atomic E-state index is 3.85. The van der Waals surface area contributed by atoms with Crippen molar-refractivity contribution in [1.82, 2.24) is 0 Å². The summed E-state index contributed by atoms with van der Waals surface area (Å²) in [5, 5.41) is 8.99. The Morgan fingerprint density at radius 1 is 0.556 bits per heavy atom. The smallest absolute Gasteiger partial charge is 0.128 e. The Hall–Kier alpha value is -4.50. The molecule has 36 heavy (non-hydrogen) atoms. The molecule has 0 bridgehead atoms. The lowest BCUT2D eigenvalue weighted by Crippen LogP contribution is -2.48. The van der Waals surface area contributed by atoms with Crippen molar-refractivity contribution in [2.75, 3.05) is 15.1 Å². The van der Waals surface area contributed by atoms with Crippen molar-refractivity contribution in [2.24, 2.45) is 0 Å². The summed E-state index contributed by atoms with van der Waals surface area (Å²) in [7, 11) is 0. The third-order valence-corrected chi connectivity index (χ3v) is 7.95. The fourth-order valence-electron chi connectivity index (χ4n) is 6.44. The first-order chi connectivity index (χ1) is 17.9. The molecule has 0 aromatic heterocycles. The van der Waals surface area contributed by atoms with E-state index >= 15 is 0 Å². The molecule has 0 saturated carbocycles. The first-order valence-electron chi connectivity index (χ1n) is 12.7. The van der Waals surface area contributed by atoms with Crippen LogP contribution in [0.25, 0.3) is 21.5 Å². The quantitative estimate of drug-likeness (QED) is 0.255. The van der Waals surface area contributed by atoms with Gasteiger partial charge in [-0.1, -0.05) is 103 Å². The fraction of sp³-hybridized carbons (Fsp3) is 0.0909. The Kier molecular flexibility index (Phi) is 4.12. The highest BCUT2D eigenvalue weighted by molar-refractivity contribution is 6.14. The molecule has 3 aliphatic rings. The number of fused-ring (bicyclic) bond motifs is 10. The molecule has 0 radical (unpaired) electrons. The summed E-state index contributed by atoms with van der Waals surface area (Å²) in [5.41, 5.74) is 6.25. The van der Waals surface area contributed by atoms with Gasteiger partial charge in [-0.2, -0.15) is 0 Å². The van der Waals surface area contributed by atoms with Gasteiger partial charge in [0.15, 0.2) is 0 Å².